The van der Waals surface area contributed by atoms with Gasteiger partial charge in [0.15, 0.2) is 5.11 Å². The first-order valence-electron chi connectivity index (χ1n) is 8.89. The third-order valence-corrected chi connectivity index (χ3v) is 5.42. The maximum atomic E-state index is 10.8. The average molecular weight is 372 g/mol. The Kier molecular flexibility index (Phi) is 5.56. The standard InChI is InChI=1S/C19H24N4O2S/c1-14-5-10-18(17-4-3-12-21(17)2)22(13-11-14)19(26)20-15-6-8-16(9-7-15)23(24)25/h3-4,6-9,12,14,18H,5,10-11,13H2,1-2H3,(H,20,26)/t14-,18-/m1/s1. The molecule has 0 spiro atoms. The minimum Gasteiger partial charge on any atom is -0.353 e. The van der Waals surface area contributed by atoms with Crippen molar-refractivity contribution in [3.8, 4) is 0 Å². The zero-order chi connectivity index (χ0) is 18.7. The minimum atomic E-state index is -0.399. The molecule has 1 N–H and O–H groups in total. The van der Waals surface area contributed by atoms with Crippen LogP contribution < -0.4 is 5.32 Å². The zero-order valence-electron chi connectivity index (χ0n) is 15.1. The van der Waals surface area contributed by atoms with Crippen molar-refractivity contribution < 1.29 is 4.92 Å². The number of aromatic nitrogens is 1. The molecule has 1 aromatic heterocycles. The average Bonchev–Trinajstić information content (AvgIpc) is 2.93. The summed E-state index contributed by atoms with van der Waals surface area (Å²) in [6.07, 6.45) is 5.39. The number of nitro benzene ring substituents is 1. The van der Waals surface area contributed by atoms with E-state index in [4.69, 9.17) is 12.2 Å². The smallest absolute Gasteiger partial charge is 0.269 e. The number of nitrogens with one attached hydrogen (secondary N) is 1. The van der Waals surface area contributed by atoms with E-state index in [1.807, 2.05) is 0 Å². The molecule has 3 rings (SSSR count). The molecule has 2 heterocycles. The molecule has 2 aromatic rings. The summed E-state index contributed by atoms with van der Waals surface area (Å²) in [4.78, 5) is 12.7. The number of anilines is 1. The normalized spacial score (nSPS) is 20.5. The Morgan fingerprint density at radius 1 is 1.23 bits per heavy atom. The molecule has 1 saturated heterocycles. The van der Waals surface area contributed by atoms with Crippen LogP contribution in [0.4, 0.5) is 11.4 Å². The summed E-state index contributed by atoms with van der Waals surface area (Å²) in [5.41, 5.74) is 2.10. The van der Waals surface area contributed by atoms with Gasteiger partial charge in [-0.25, -0.2) is 0 Å². The van der Waals surface area contributed by atoms with Gasteiger partial charge >= 0.3 is 0 Å². The van der Waals surface area contributed by atoms with Crippen LogP contribution in [0.15, 0.2) is 42.6 Å². The number of rotatable bonds is 3. The molecule has 0 aliphatic carbocycles. The zero-order valence-corrected chi connectivity index (χ0v) is 15.9. The van der Waals surface area contributed by atoms with E-state index >= 15 is 0 Å². The largest absolute Gasteiger partial charge is 0.353 e. The fraction of sp³-hybridized carbons (Fsp3) is 0.421. The van der Waals surface area contributed by atoms with Crippen LogP contribution in [0.1, 0.15) is 37.9 Å². The van der Waals surface area contributed by atoms with E-state index in [2.05, 4.69) is 47.1 Å². The van der Waals surface area contributed by atoms with Crippen LogP contribution in [-0.4, -0.2) is 26.0 Å². The molecule has 1 aromatic carbocycles. The molecule has 0 radical (unpaired) electrons. The molecule has 2 atom stereocenters. The molecule has 1 aliphatic heterocycles. The van der Waals surface area contributed by atoms with E-state index in [-0.39, 0.29) is 11.7 Å². The second-order valence-electron chi connectivity index (χ2n) is 6.96. The number of benzene rings is 1. The third kappa shape index (κ3) is 4.04. The summed E-state index contributed by atoms with van der Waals surface area (Å²) in [5, 5.41) is 14.7. The van der Waals surface area contributed by atoms with Crippen LogP contribution >= 0.6 is 12.2 Å². The van der Waals surface area contributed by atoms with Gasteiger partial charge in [0, 0.05) is 43.3 Å². The van der Waals surface area contributed by atoms with E-state index < -0.39 is 4.92 Å². The van der Waals surface area contributed by atoms with Crippen LogP contribution in [0.2, 0.25) is 0 Å². The van der Waals surface area contributed by atoms with E-state index in [1.165, 1.54) is 24.2 Å². The van der Waals surface area contributed by atoms with Crippen molar-refractivity contribution in [3.63, 3.8) is 0 Å². The summed E-state index contributed by atoms with van der Waals surface area (Å²) >= 11 is 5.71. The monoisotopic (exact) mass is 372 g/mol. The second-order valence-corrected chi connectivity index (χ2v) is 7.35. The van der Waals surface area contributed by atoms with Gasteiger partial charge < -0.3 is 14.8 Å². The highest BCUT2D eigenvalue weighted by Gasteiger charge is 2.28. The SMILES string of the molecule is C[C@@H]1CC[C@H](c2cccn2C)N(C(=S)Nc2ccc([N+](=O)[O-])cc2)CC1. The van der Waals surface area contributed by atoms with Gasteiger partial charge in [0.25, 0.3) is 5.69 Å². The highest BCUT2D eigenvalue weighted by Crippen LogP contribution is 2.33. The lowest BCUT2D eigenvalue weighted by atomic mass is 10.0. The minimum absolute atomic E-state index is 0.0757. The van der Waals surface area contributed by atoms with Crippen LogP contribution in [0, 0.1) is 16.0 Å². The number of aryl methyl sites for hydroxylation is 1. The van der Waals surface area contributed by atoms with Crippen molar-refractivity contribution in [3.05, 3.63) is 58.4 Å². The highest BCUT2D eigenvalue weighted by atomic mass is 32.1. The molecule has 0 saturated carbocycles. The molecular formula is C19H24N4O2S. The van der Waals surface area contributed by atoms with Crippen LogP contribution in [-0.2, 0) is 7.05 Å². The Hall–Kier alpha value is -2.41. The first kappa shape index (κ1) is 18.4. The number of thiocarbonyl (C=S) groups is 1. The quantitative estimate of drug-likeness (QED) is 0.488. The summed E-state index contributed by atoms with van der Waals surface area (Å²) in [6.45, 7) is 3.19. The topological polar surface area (TPSA) is 63.3 Å². The van der Waals surface area contributed by atoms with Gasteiger partial charge in [0.1, 0.15) is 0 Å². The van der Waals surface area contributed by atoms with E-state index in [1.54, 1.807) is 12.1 Å². The molecule has 138 valence electrons. The van der Waals surface area contributed by atoms with E-state index in [0.29, 0.717) is 11.0 Å². The lowest BCUT2D eigenvalue weighted by Crippen LogP contribution is -2.38. The van der Waals surface area contributed by atoms with E-state index in [0.717, 1.165) is 25.1 Å². The molecule has 0 bridgehead atoms. The number of likely N-dealkylation sites (tertiary alicyclic amines) is 1. The van der Waals surface area contributed by atoms with Crippen molar-refractivity contribution in [1.29, 1.82) is 0 Å². The predicted molar refractivity (Wildman–Crippen MR) is 107 cm³/mol. The summed E-state index contributed by atoms with van der Waals surface area (Å²) in [6, 6.07) is 10.8. The van der Waals surface area contributed by atoms with Gasteiger partial charge in [0.2, 0.25) is 0 Å². The molecule has 26 heavy (non-hydrogen) atoms. The fourth-order valence-corrected chi connectivity index (χ4v) is 3.83. The molecule has 6 nitrogen and oxygen atoms in total. The second kappa shape index (κ2) is 7.86. The Balaban J connectivity index is 1.79. The van der Waals surface area contributed by atoms with Crippen LogP contribution in [0.25, 0.3) is 0 Å². The van der Waals surface area contributed by atoms with Crippen molar-refractivity contribution in [2.45, 2.75) is 32.2 Å². The van der Waals surface area contributed by atoms with Crippen LogP contribution in [0.5, 0.6) is 0 Å². The third-order valence-electron chi connectivity index (χ3n) is 5.09. The number of non-ortho nitro benzene ring substituents is 1. The predicted octanol–water partition coefficient (Wildman–Crippen LogP) is 4.49. The van der Waals surface area contributed by atoms with Gasteiger partial charge in [-0.15, -0.1) is 0 Å². The first-order chi connectivity index (χ1) is 12.5. The number of nitro groups is 1. The first-order valence-corrected chi connectivity index (χ1v) is 9.30. The Morgan fingerprint density at radius 3 is 2.58 bits per heavy atom. The molecule has 0 unspecified atom stereocenters. The van der Waals surface area contributed by atoms with Crippen LogP contribution in [0.3, 0.4) is 0 Å². The lowest BCUT2D eigenvalue weighted by molar-refractivity contribution is -0.384. The Morgan fingerprint density at radius 2 is 1.96 bits per heavy atom. The van der Waals surface area contributed by atoms with Gasteiger partial charge in [-0.2, -0.15) is 0 Å². The summed E-state index contributed by atoms with van der Waals surface area (Å²) in [5.74, 6) is 0.671. The van der Waals surface area contributed by atoms with Gasteiger partial charge in [0.05, 0.1) is 11.0 Å². The maximum absolute atomic E-state index is 10.8. The van der Waals surface area contributed by atoms with Gasteiger partial charge in [-0.1, -0.05) is 6.92 Å². The summed E-state index contributed by atoms with van der Waals surface area (Å²) < 4.78 is 2.15. The lowest BCUT2D eigenvalue weighted by Gasteiger charge is -2.33. The van der Waals surface area contributed by atoms with Crippen molar-refractivity contribution in [1.82, 2.24) is 9.47 Å². The fourth-order valence-electron chi connectivity index (χ4n) is 3.49. The van der Waals surface area contributed by atoms with Gasteiger partial charge in [-0.3, -0.25) is 10.1 Å². The van der Waals surface area contributed by atoms with Gasteiger partial charge in [-0.05, 0) is 61.7 Å². The Bertz CT molecular complexity index is 787. The number of hydrogen-bond acceptors (Lipinski definition) is 3. The van der Waals surface area contributed by atoms with Crippen molar-refractivity contribution in [2.75, 3.05) is 11.9 Å². The Labute approximate surface area is 159 Å². The molecule has 1 aliphatic rings. The molecule has 7 heteroatoms. The molecular weight excluding hydrogens is 348 g/mol. The van der Waals surface area contributed by atoms with Crippen molar-refractivity contribution in [2.24, 2.45) is 13.0 Å². The number of nitrogens with zero attached hydrogens (tertiary/aromatic N) is 3. The van der Waals surface area contributed by atoms with Crippen molar-refractivity contribution >= 4 is 28.7 Å². The molecule has 0 amide bonds. The van der Waals surface area contributed by atoms with E-state index in [9.17, 15) is 10.1 Å². The summed E-state index contributed by atoms with van der Waals surface area (Å²) in [7, 11) is 2.06. The maximum Gasteiger partial charge on any atom is 0.269 e. The number of hydrogen-bond donors (Lipinski definition) is 1. The highest BCUT2D eigenvalue weighted by molar-refractivity contribution is 7.80. The molecule has 1 fully saturated rings.